The number of aromatic hydroxyl groups is 1. The number of benzene rings is 4. The molecule has 1 amide bonds. The lowest BCUT2D eigenvalue weighted by Gasteiger charge is -2.38. The Labute approximate surface area is 199 Å². The van der Waals surface area contributed by atoms with Crippen LogP contribution in [0.5, 0.6) is 5.75 Å². The summed E-state index contributed by atoms with van der Waals surface area (Å²) in [6, 6.07) is 25.7. The first-order valence-corrected chi connectivity index (χ1v) is 11.7. The molecule has 0 fully saturated rings. The summed E-state index contributed by atoms with van der Waals surface area (Å²) in [5.74, 6) is 0.729. The molecule has 0 aromatic heterocycles. The van der Waals surface area contributed by atoms with E-state index in [9.17, 15) is 9.90 Å². The van der Waals surface area contributed by atoms with Crippen molar-refractivity contribution in [1.29, 1.82) is 0 Å². The van der Waals surface area contributed by atoms with Gasteiger partial charge in [-0.25, -0.2) is 0 Å². The lowest BCUT2D eigenvalue weighted by molar-refractivity contribution is 0.102. The van der Waals surface area contributed by atoms with Crippen molar-refractivity contribution in [2.45, 2.75) is 25.3 Å². The summed E-state index contributed by atoms with van der Waals surface area (Å²) < 4.78 is 0. The fourth-order valence-corrected chi connectivity index (χ4v) is 5.59. The number of phenolic OH excluding ortho intramolecular Hbond substituents is 1. The number of amides is 1. The van der Waals surface area contributed by atoms with Gasteiger partial charge < -0.3 is 15.7 Å². The fourth-order valence-electron chi connectivity index (χ4n) is 5.59. The normalized spacial score (nSPS) is 20.4. The molecule has 4 heteroatoms. The largest absolute Gasteiger partial charge is 0.508 e. The highest BCUT2D eigenvalue weighted by molar-refractivity contribution is 6.05. The number of anilines is 2. The predicted molar refractivity (Wildman–Crippen MR) is 138 cm³/mol. The summed E-state index contributed by atoms with van der Waals surface area (Å²) in [6.45, 7) is 1.95. The Morgan fingerprint density at radius 1 is 1.00 bits per heavy atom. The van der Waals surface area contributed by atoms with Gasteiger partial charge in [0.15, 0.2) is 0 Å². The average Bonchev–Trinajstić information content (AvgIpc) is 3.35. The minimum absolute atomic E-state index is 0.00832. The van der Waals surface area contributed by atoms with Gasteiger partial charge in [-0.15, -0.1) is 0 Å². The second-order valence-corrected chi connectivity index (χ2v) is 9.27. The van der Waals surface area contributed by atoms with Crippen LogP contribution in [-0.2, 0) is 0 Å². The van der Waals surface area contributed by atoms with E-state index >= 15 is 0 Å². The monoisotopic (exact) mass is 446 g/mol. The van der Waals surface area contributed by atoms with Gasteiger partial charge in [0.05, 0.1) is 6.04 Å². The maximum absolute atomic E-state index is 12.9. The number of hydrogen-bond acceptors (Lipinski definition) is 3. The molecule has 34 heavy (non-hydrogen) atoms. The molecular formula is C30H26N2O2. The zero-order valence-corrected chi connectivity index (χ0v) is 19.0. The lowest BCUT2D eigenvalue weighted by Crippen LogP contribution is -2.29. The number of phenols is 1. The van der Waals surface area contributed by atoms with Gasteiger partial charge in [0.1, 0.15) is 5.75 Å². The van der Waals surface area contributed by atoms with Crippen molar-refractivity contribution in [2.24, 2.45) is 5.92 Å². The van der Waals surface area contributed by atoms with Crippen molar-refractivity contribution in [2.75, 3.05) is 10.6 Å². The minimum Gasteiger partial charge on any atom is -0.508 e. The lowest BCUT2D eigenvalue weighted by atomic mass is 9.76. The van der Waals surface area contributed by atoms with Crippen molar-refractivity contribution >= 4 is 28.1 Å². The summed E-state index contributed by atoms with van der Waals surface area (Å²) in [6.07, 6.45) is 5.44. The van der Waals surface area contributed by atoms with E-state index in [-0.39, 0.29) is 23.8 Å². The predicted octanol–water partition coefficient (Wildman–Crippen LogP) is 6.93. The number of carbonyl (C=O) groups excluding carboxylic acids is 1. The van der Waals surface area contributed by atoms with Gasteiger partial charge in [0, 0.05) is 28.4 Å². The van der Waals surface area contributed by atoms with Gasteiger partial charge >= 0.3 is 0 Å². The molecule has 0 radical (unpaired) electrons. The van der Waals surface area contributed by atoms with Gasteiger partial charge in [-0.1, -0.05) is 60.7 Å². The highest BCUT2D eigenvalue weighted by Crippen LogP contribution is 2.52. The topological polar surface area (TPSA) is 61.4 Å². The highest BCUT2D eigenvalue weighted by Gasteiger charge is 2.39. The molecule has 3 N–H and O–H groups in total. The molecule has 4 aromatic rings. The summed E-state index contributed by atoms with van der Waals surface area (Å²) in [4.78, 5) is 12.9. The number of fused-ring (bicyclic) bond motifs is 4. The van der Waals surface area contributed by atoms with Crippen molar-refractivity contribution in [1.82, 2.24) is 0 Å². The molecule has 0 saturated heterocycles. The Hall–Kier alpha value is -4.05. The van der Waals surface area contributed by atoms with Crippen molar-refractivity contribution in [3.05, 3.63) is 113 Å². The fraction of sp³-hybridized carbons (Fsp3) is 0.167. The van der Waals surface area contributed by atoms with Crippen LogP contribution in [0.1, 0.15) is 45.4 Å². The Bertz CT molecular complexity index is 1460. The number of hydrogen-bond donors (Lipinski definition) is 3. The molecule has 0 bridgehead atoms. The maximum atomic E-state index is 12.9. The van der Waals surface area contributed by atoms with Crippen molar-refractivity contribution < 1.29 is 9.90 Å². The van der Waals surface area contributed by atoms with E-state index in [2.05, 4.69) is 41.0 Å². The van der Waals surface area contributed by atoms with E-state index in [0.717, 1.165) is 39.7 Å². The Morgan fingerprint density at radius 2 is 1.82 bits per heavy atom. The Kier molecular flexibility index (Phi) is 4.88. The van der Waals surface area contributed by atoms with E-state index in [1.54, 1.807) is 6.07 Å². The third-order valence-corrected chi connectivity index (χ3v) is 7.27. The number of allylic oxidation sites excluding steroid dienone is 2. The molecule has 1 heterocycles. The Balaban J connectivity index is 1.37. The first-order valence-electron chi connectivity index (χ1n) is 11.7. The van der Waals surface area contributed by atoms with Gasteiger partial charge in [-0.05, 0) is 71.5 Å². The molecule has 1 aliphatic heterocycles. The number of rotatable bonds is 3. The van der Waals surface area contributed by atoms with E-state index < -0.39 is 0 Å². The molecule has 4 nitrogen and oxygen atoms in total. The van der Waals surface area contributed by atoms with Crippen LogP contribution in [0.15, 0.2) is 91.0 Å². The maximum Gasteiger partial charge on any atom is 0.255 e. The van der Waals surface area contributed by atoms with Crippen LogP contribution in [0.4, 0.5) is 11.4 Å². The van der Waals surface area contributed by atoms with Gasteiger partial charge in [-0.3, -0.25) is 4.79 Å². The third-order valence-electron chi connectivity index (χ3n) is 7.27. The SMILES string of the molecule is Cc1ccccc1C(=O)Nc1ccc2c(c1)C1C=CCC1C(c1c(O)ccc3ccccc13)N2. The van der Waals surface area contributed by atoms with Gasteiger partial charge in [0.25, 0.3) is 5.91 Å². The van der Waals surface area contributed by atoms with Crippen LogP contribution in [-0.4, -0.2) is 11.0 Å². The number of carbonyl (C=O) groups is 1. The minimum atomic E-state index is -0.0983. The molecule has 3 atom stereocenters. The molecule has 168 valence electrons. The quantitative estimate of drug-likeness (QED) is 0.299. The van der Waals surface area contributed by atoms with Crippen LogP contribution < -0.4 is 10.6 Å². The first kappa shape index (κ1) is 20.5. The Morgan fingerprint density at radius 3 is 2.71 bits per heavy atom. The summed E-state index contributed by atoms with van der Waals surface area (Å²) in [5, 5.41) is 19.9. The van der Waals surface area contributed by atoms with E-state index in [4.69, 9.17) is 0 Å². The van der Waals surface area contributed by atoms with Gasteiger partial charge in [0.2, 0.25) is 0 Å². The third kappa shape index (κ3) is 3.34. The molecular weight excluding hydrogens is 420 g/mol. The molecule has 3 unspecified atom stereocenters. The van der Waals surface area contributed by atoms with Crippen LogP contribution in [0.25, 0.3) is 10.8 Å². The summed E-state index contributed by atoms with van der Waals surface area (Å²) in [5.41, 5.74) is 5.61. The van der Waals surface area contributed by atoms with Crippen LogP contribution in [0, 0.1) is 12.8 Å². The number of nitrogens with one attached hydrogen (secondary N) is 2. The number of aryl methyl sites for hydroxylation is 1. The summed E-state index contributed by atoms with van der Waals surface area (Å²) in [7, 11) is 0. The average molecular weight is 447 g/mol. The van der Waals surface area contributed by atoms with Gasteiger partial charge in [-0.2, -0.15) is 0 Å². The van der Waals surface area contributed by atoms with Crippen molar-refractivity contribution in [3.63, 3.8) is 0 Å². The van der Waals surface area contributed by atoms with E-state index in [1.165, 1.54) is 5.56 Å². The van der Waals surface area contributed by atoms with Crippen LogP contribution in [0.2, 0.25) is 0 Å². The standard InChI is InChI=1S/C30H26N2O2/c1-18-7-2-4-9-21(18)30(34)31-20-14-15-26-25(17-20)23-11-6-12-24(23)29(32-26)28-22-10-5-3-8-19(22)13-16-27(28)33/h2-11,13-17,23-24,29,32-33H,12H2,1H3,(H,31,34). The summed E-state index contributed by atoms with van der Waals surface area (Å²) >= 11 is 0. The first-order chi connectivity index (χ1) is 16.6. The van der Waals surface area contributed by atoms with E-state index in [1.807, 2.05) is 61.5 Å². The van der Waals surface area contributed by atoms with Crippen molar-refractivity contribution in [3.8, 4) is 5.75 Å². The molecule has 0 spiro atoms. The molecule has 4 aromatic carbocycles. The zero-order chi connectivity index (χ0) is 23.2. The molecule has 6 rings (SSSR count). The van der Waals surface area contributed by atoms with Crippen LogP contribution >= 0.6 is 0 Å². The van der Waals surface area contributed by atoms with E-state index in [0.29, 0.717) is 11.3 Å². The zero-order valence-electron chi connectivity index (χ0n) is 19.0. The second kappa shape index (κ2) is 8.07. The molecule has 0 saturated carbocycles. The molecule has 1 aliphatic carbocycles. The molecule has 2 aliphatic rings. The smallest absolute Gasteiger partial charge is 0.255 e. The second-order valence-electron chi connectivity index (χ2n) is 9.27. The van der Waals surface area contributed by atoms with Crippen LogP contribution in [0.3, 0.4) is 0 Å². The highest BCUT2D eigenvalue weighted by atomic mass is 16.3.